The smallest absolute Gasteiger partial charge is 0.123 e. The van der Waals surface area contributed by atoms with Crippen molar-refractivity contribution in [3.8, 4) is 11.5 Å². The Morgan fingerprint density at radius 3 is 1.45 bits per heavy atom. The van der Waals surface area contributed by atoms with Crippen LogP contribution in [-0.2, 0) is 0 Å². The number of hydrogen-bond donors (Lipinski definition) is 2. The molecule has 0 spiro atoms. The van der Waals surface area contributed by atoms with Gasteiger partial charge in [-0.2, -0.15) is 0 Å². The molecule has 152 valence electrons. The fourth-order valence-electron chi connectivity index (χ4n) is 3.77. The van der Waals surface area contributed by atoms with Gasteiger partial charge in [0.25, 0.3) is 0 Å². The molecule has 0 heterocycles. The second kappa shape index (κ2) is 8.59. The Kier molecular flexibility index (Phi) is 6.34. The van der Waals surface area contributed by atoms with Crippen LogP contribution >= 0.6 is 7.92 Å². The molecule has 0 saturated heterocycles. The zero-order chi connectivity index (χ0) is 21.3. The first-order chi connectivity index (χ1) is 13.7. The van der Waals surface area contributed by atoms with E-state index in [2.05, 4.69) is 58.0 Å². The highest BCUT2D eigenvalue weighted by Crippen LogP contribution is 2.43. The van der Waals surface area contributed by atoms with Gasteiger partial charge in [-0.25, -0.2) is 0 Å². The largest absolute Gasteiger partial charge is 0.507 e. The Hall–Kier alpha value is -2.31. The normalized spacial score (nSPS) is 11.6. The van der Waals surface area contributed by atoms with E-state index in [-0.39, 0.29) is 11.5 Å². The summed E-state index contributed by atoms with van der Waals surface area (Å²) < 4.78 is 0. The van der Waals surface area contributed by atoms with E-state index >= 15 is 0 Å². The van der Waals surface area contributed by atoms with Gasteiger partial charge >= 0.3 is 0 Å². The fourth-order valence-corrected chi connectivity index (χ4v) is 6.96. The van der Waals surface area contributed by atoms with Crippen molar-refractivity contribution < 1.29 is 10.2 Å². The summed E-state index contributed by atoms with van der Waals surface area (Å²) in [4.78, 5) is 0. The average Bonchev–Trinajstić information content (AvgIpc) is 2.67. The van der Waals surface area contributed by atoms with E-state index in [1.54, 1.807) is 12.1 Å². The molecule has 29 heavy (non-hydrogen) atoms. The minimum atomic E-state index is -1.13. The van der Waals surface area contributed by atoms with Gasteiger partial charge in [0.05, 0.1) is 0 Å². The van der Waals surface area contributed by atoms with Crippen LogP contribution in [0.4, 0.5) is 0 Å². The molecular formula is C26H31O2P. The summed E-state index contributed by atoms with van der Waals surface area (Å²) in [6.45, 7) is 12.9. The van der Waals surface area contributed by atoms with Gasteiger partial charge in [0.1, 0.15) is 11.5 Å². The van der Waals surface area contributed by atoms with Crippen LogP contribution in [-0.4, -0.2) is 10.2 Å². The molecule has 0 aliphatic carbocycles. The standard InChI is InChI=1S/C26H31O2P/c1-16(2)20-8-7-9-21(17(3)4)26(20)29(24-14-18(5)10-12-22(24)27)25-15-19(6)11-13-23(25)28/h7-17,27-28H,1-6H3. The van der Waals surface area contributed by atoms with Crippen LogP contribution in [0.15, 0.2) is 54.6 Å². The number of benzene rings is 3. The minimum absolute atomic E-state index is 0.288. The summed E-state index contributed by atoms with van der Waals surface area (Å²) >= 11 is 0. The molecule has 3 aromatic carbocycles. The summed E-state index contributed by atoms with van der Waals surface area (Å²) in [7, 11) is -1.13. The monoisotopic (exact) mass is 406 g/mol. The molecule has 0 amide bonds. The van der Waals surface area contributed by atoms with Crippen LogP contribution in [0.1, 0.15) is 61.8 Å². The van der Waals surface area contributed by atoms with E-state index in [0.29, 0.717) is 11.8 Å². The first-order valence-electron chi connectivity index (χ1n) is 10.2. The topological polar surface area (TPSA) is 40.5 Å². The van der Waals surface area contributed by atoms with Crippen molar-refractivity contribution in [3.05, 3.63) is 76.9 Å². The lowest BCUT2D eigenvalue weighted by Gasteiger charge is -2.29. The van der Waals surface area contributed by atoms with Crippen LogP contribution in [0.3, 0.4) is 0 Å². The highest BCUT2D eigenvalue weighted by Gasteiger charge is 2.28. The summed E-state index contributed by atoms with van der Waals surface area (Å²) in [5.74, 6) is 1.26. The predicted molar refractivity (Wildman–Crippen MR) is 126 cm³/mol. The zero-order valence-electron chi connectivity index (χ0n) is 18.2. The van der Waals surface area contributed by atoms with Gasteiger partial charge in [-0.3, -0.25) is 0 Å². The van der Waals surface area contributed by atoms with Gasteiger partial charge in [0, 0.05) is 10.6 Å². The van der Waals surface area contributed by atoms with Gasteiger partial charge in [0.15, 0.2) is 0 Å². The molecule has 2 N–H and O–H groups in total. The average molecular weight is 407 g/mol. The molecule has 0 fully saturated rings. The van der Waals surface area contributed by atoms with Crippen LogP contribution in [0.2, 0.25) is 0 Å². The second-order valence-corrected chi connectivity index (χ2v) is 10.5. The van der Waals surface area contributed by atoms with Crippen LogP contribution in [0.25, 0.3) is 0 Å². The molecule has 0 bridgehead atoms. The molecule has 0 radical (unpaired) electrons. The van der Waals surface area contributed by atoms with Gasteiger partial charge in [-0.15, -0.1) is 0 Å². The molecule has 3 rings (SSSR count). The number of phenolic OH excluding ortho intramolecular Hbond substituents is 2. The summed E-state index contributed by atoms with van der Waals surface area (Å²) in [6, 6.07) is 18.1. The first-order valence-corrected chi connectivity index (χ1v) is 11.6. The molecule has 0 atom stereocenters. The van der Waals surface area contributed by atoms with Crippen LogP contribution in [0.5, 0.6) is 11.5 Å². The molecule has 3 aromatic rings. The van der Waals surface area contributed by atoms with E-state index in [9.17, 15) is 10.2 Å². The lowest BCUT2D eigenvalue weighted by Crippen LogP contribution is -2.28. The Bertz CT molecular complexity index is 943. The summed E-state index contributed by atoms with van der Waals surface area (Å²) in [5.41, 5.74) is 4.77. The molecule has 3 heteroatoms. The number of aryl methyl sites for hydroxylation is 2. The zero-order valence-corrected chi connectivity index (χ0v) is 19.1. The summed E-state index contributed by atoms with van der Waals surface area (Å²) in [5, 5.41) is 24.8. The minimum Gasteiger partial charge on any atom is -0.507 e. The van der Waals surface area contributed by atoms with Crippen molar-refractivity contribution in [2.75, 3.05) is 0 Å². The SMILES string of the molecule is Cc1ccc(O)c(P(c2cc(C)ccc2O)c2c(C(C)C)cccc2C(C)C)c1. The van der Waals surface area contributed by atoms with Crippen molar-refractivity contribution in [1.29, 1.82) is 0 Å². The third-order valence-electron chi connectivity index (χ3n) is 5.31. The molecule has 0 aromatic heterocycles. The van der Waals surface area contributed by atoms with Crippen molar-refractivity contribution in [1.82, 2.24) is 0 Å². The number of rotatable bonds is 5. The fraction of sp³-hybridized carbons (Fsp3) is 0.308. The van der Waals surface area contributed by atoms with E-state index < -0.39 is 7.92 Å². The third kappa shape index (κ3) is 4.33. The number of hydrogen-bond acceptors (Lipinski definition) is 2. The first kappa shape index (κ1) is 21.4. The van der Waals surface area contributed by atoms with Crippen molar-refractivity contribution in [2.24, 2.45) is 0 Å². The molecule has 0 saturated carbocycles. The predicted octanol–water partition coefficient (Wildman–Crippen LogP) is 5.72. The van der Waals surface area contributed by atoms with Gasteiger partial charge in [-0.1, -0.05) is 69.2 Å². The van der Waals surface area contributed by atoms with E-state index in [0.717, 1.165) is 21.7 Å². The van der Waals surface area contributed by atoms with Crippen molar-refractivity contribution >= 4 is 23.8 Å². The Morgan fingerprint density at radius 2 is 1.07 bits per heavy atom. The van der Waals surface area contributed by atoms with Crippen molar-refractivity contribution in [3.63, 3.8) is 0 Å². The van der Waals surface area contributed by atoms with E-state index in [4.69, 9.17) is 0 Å². The molecule has 2 nitrogen and oxygen atoms in total. The molecular weight excluding hydrogens is 375 g/mol. The second-order valence-electron chi connectivity index (χ2n) is 8.41. The third-order valence-corrected chi connectivity index (χ3v) is 7.95. The van der Waals surface area contributed by atoms with E-state index in [1.165, 1.54) is 16.4 Å². The maximum absolute atomic E-state index is 10.9. The lowest BCUT2D eigenvalue weighted by atomic mass is 9.95. The maximum Gasteiger partial charge on any atom is 0.123 e. The maximum atomic E-state index is 10.9. The Morgan fingerprint density at radius 1 is 0.655 bits per heavy atom. The van der Waals surface area contributed by atoms with Gasteiger partial charge in [-0.05, 0) is 74.3 Å². The van der Waals surface area contributed by atoms with Gasteiger partial charge in [0.2, 0.25) is 0 Å². The van der Waals surface area contributed by atoms with Crippen LogP contribution in [0, 0.1) is 13.8 Å². The Labute approximate surface area is 176 Å². The Balaban J connectivity index is 2.45. The summed E-state index contributed by atoms with van der Waals surface area (Å²) in [6.07, 6.45) is 0. The van der Waals surface area contributed by atoms with Gasteiger partial charge < -0.3 is 10.2 Å². The number of aromatic hydroxyl groups is 2. The van der Waals surface area contributed by atoms with E-state index in [1.807, 2.05) is 26.0 Å². The molecule has 0 unspecified atom stereocenters. The molecule has 0 aliphatic heterocycles. The highest BCUT2D eigenvalue weighted by molar-refractivity contribution is 7.80. The lowest BCUT2D eigenvalue weighted by molar-refractivity contribution is 0.479. The van der Waals surface area contributed by atoms with Crippen LogP contribution < -0.4 is 15.9 Å². The van der Waals surface area contributed by atoms with Crippen molar-refractivity contribution in [2.45, 2.75) is 53.4 Å². The molecule has 0 aliphatic rings. The highest BCUT2D eigenvalue weighted by atomic mass is 31.1. The quantitative estimate of drug-likeness (QED) is 0.532. The number of phenols is 2.